The van der Waals surface area contributed by atoms with Crippen LogP contribution in [0.2, 0.25) is 12.1 Å². The van der Waals surface area contributed by atoms with Crippen molar-refractivity contribution in [3.63, 3.8) is 0 Å². The number of amides is 2. The van der Waals surface area contributed by atoms with Crippen molar-refractivity contribution in [2.45, 2.75) is 117 Å². The molecule has 0 aliphatic heterocycles. The summed E-state index contributed by atoms with van der Waals surface area (Å²) in [5, 5.41) is 28.2. The average Bonchev–Trinajstić information content (AvgIpc) is 3.05. The van der Waals surface area contributed by atoms with E-state index in [4.69, 9.17) is 26.6 Å². The van der Waals surface area contributed by atoms with Crippen LogP contribution in [0.1, 0.15) is 93.9 Å². The fraction of sp³-hybridized carbons (Fsp3) is 0.875. The molecule has 0 aromatic rings. The number of carbonyl (C=O) groups excluding carboxylic acids is 2. The predicted octanol–water partition coefficient (Wildman–Crippen LogP) is 5.36. The van der Waals surface area contributed by atoms with Gasteiger partial charge in [0.2, 0.25) is 11.8 Å². The molecule has 276 valence electrons. The largest absolute Gasteiger partial charge is 0.500 e. The van der Waals surface area contributed by atoms with Crippen molar-refractivity contribution in [3.8, 4) is 12.1 Å². The van der Waals surface area contributed by atoms with Crippen LogP contribution in [0.3, 0.4) is 0 Å². The van der Waals surface area contributed by atoms with Crippen LogP contribution in [0.15, 0.2) is 10.2 Å². The monoisotopic (exact) mass is 714 g/mol. The summed E-state index contributed by atoms with van der Waals surface area (Å²) < 4.78 is 35.3. The number of rotatable bonds is 28. The van der Waals surface area contributed by atoms with Gasteiger partial charge in [0.05, 0.1) is 12.1 Å². The van der Waals surface area contributed by atoms with E-state index in [2.05, 4.69) is 22.4 Å². The highest BCUT2D eigenvalue weighted by Crippen LogP contribution is 2.25. The Kier molecular flexibility index (Phi) is 22.8. The van der Waals surface area contributed by atoms with E-state index in [0.717, 1.165) is 0 Å². The third kappa shape index (κ3) is 16.9. The Hall–Kier alpha value is -2.29. The number of nitriles is 2. The Morgan fingerprint density at radius 3 is 1.10 bits per heavy atom. The average molecular weight is 715 g/mol. The van der Waals surface area contributed by atoms with E-state index in [1.807, 2.05) is 41.5 Å². The van der Waals surface area contributed by atoms with Gasteiger partial charge in [-0.05, 0) is 81.1 Å². The van der Waals surface area contributed by atoms with Crippen LogP contribution in [-0.4, -0.2) is 117 Å². The van der Waals surface area contributed by atoms with Crippen molar-refractivity contribution in [1.82, 2.24) is 9.80 Å². The van der Waals surface area contributed by atoms with E-state index in [1.54, 1.807) is 37.7 Å². The molecule has 0 aromatic carbocycles. The molecule has 0 N–H and O–H groups in total. The van der Waals surface area contributed by atoms with Crippen LogP contribution >= 0.6 is 0 Å². The summed E-state index contributed by atoms with van der Waals surface area (Å²) in [7, 11) is -2.16. The maximum absolute atomic E-state index is 12.9. The second kappa shape index (κ2) is 24.0. The van der Waals surface area contributed by atoms with E-state index in [0.29, 0.717) is 77.7 Å². The third-order valence-corrected chi connectivity index (χ3v) is 13.9. The van der Waals surface area contributed by atoms with Gasteiger partial charge >= 0.3 is 17.6 Å². The van der Waals surface area contributed by atoms with Crippen molar-refractivity contribution in [3.05, 3.63) is 0 Å². The molecule has 0 spiro atoms. The quantitative estimate of drug-likeness (QED) is 0.0760. The summed E-state index contributed by atoms with van der Waals surface area (Å²) in [6.07, 6.45) is 1.72. The normalized spacial score (nSPS) is 14.6. The summed E-state index contributed by atoms with van der Waals surface area (Å²) in [4.78, 5) is 29.1. The van der Waals surface area contributed by atoms with Gasteiger partial charge in [-0.25, -0.2) is 0 Å². The molecule has 0 aromatic heterocycles. The molecule has 14 nitrogen and oxygen atoms in total. The van der Waals surface area contributed by atoms with Crippen molar-refractivity contribution in [1.29, 1.82) is 10.5 Å². The number of hydrogen-bond donors (Lipinski definition) is 0. The van der Waals surface area contributed by atoms with Gasteiger partial charge < -0.3 is 36.4 Å². The van der Waals surface area contributed by atoms with Crippen LogP contribution in [0.25, 0.3) is 0 Å². The lowest BCUT2D eigenvalue weighted by Gasteiger charge is -2.29. The minimum atomic E-state index is -2.80. The van der Waals surface area contributed by atoms with Gasteiger partial charge in [-0.3, -0.25) is 9.59 Å². The molecule has 0 fully saturated rings. The highest BCUT2D eigenvalue weighted by Gasteiger charge is 2.41. The standard InChI is InChI=1S/C32H62N6O8Si2/c1-11-41-47(42-12-2,43-13-3)25-17-23-37(9)29(39)19-21-31(7,27-33)35-36-32(8,28-34)22-20-30(40)38(10)24-18-26-48(44-14-4,45-15-5)46-16-6/h11-26H2,1-10H3. The molecule has 2 unspecified atom stereocenters. The Morgan fingerprint density at radius 1 is 0.604 bits per heavy atom. The van der Waals surface area contributed by atoms with E-state index < -0.39 is 28.7 Å². The molecule has 0 heterocycles. The van der Waals surface area contributed by atoms with E-state index >= 15 is 0 Å². The second-order valence-electron chi connectivity index (χ2n) is 11.8. The van der Waals surface area contributed by atoms with Crippen molar-refractivity contribution < 1.29 is 36.1 Å². The fourth-order valence-corrected chi connectivity index (χ4v) is 10.1. The van der Waals surface area contributed by atoms with Gasteiger partial charge in [-0.15, -0.1) is 0 Å². The lowest BCUT2D eigenvalue weighted by atomic mass is 9.97. The molecule has 2 atom stereocenters. The molecule has 0 rings (SSSR count). The molecule has 0 radical (unpaired) electrons. The second-order valence-corrected chi connectivity index (χ2v) is 17.2. The van der Waals surface area contributed by atoms with Crippen LogP contribution in [0, 0.1) is 22.7 Å². The zero-order chi connectivity index (χ0) is 36.7. The summed E-state index contributed by atoms with van der Waals surface area (Å²) >= 11 is 0. The predicted molar refractivity (Wildman–Crippen MR) is 187 cm³/mol. The molecule has 0 aliphatic rings. The Balaban J connectivity index is 5.11. The first-order chi connectivity index (χ1) is 22.7. The number of azo groups is 1. The Labute approximate surface area is 291 Å². The molecule has 0 saturated heterocycles. The third-order valence-electron chi connectivity index (χ3n) is 7.61. The maximum Gasteiger partial charge on any atom is 0.500 e. The van der Waals surface area contributed by atoms with Crippen LogP contribution < -0.4 is 0 Å². The van der Waals surface area contributed by atoms with Crippen molar-refractivity contribution in [2.75, 3.05) is 66.8 Å². The molecular formula is C32H62N6O8Si2. The topological polar surface area (TPSA) is 168 Å². The number of carbonyl (C=O) groups is 2. The molecule has 0 saturated carbocycles. The van der Waals surface area contributed by atoms with Gasteiger partial charge in [-0.2, -0.15) is 20.8 Å². The minimum absolute atomic E-state index is 0.0805. The van der Waals surface area contributed by atoms with Crippen molar-refractivity contribution >= 4 is 29.4 Å². The molecule has 0 bridgehead atoms. The van der Waals surface area contributed by atoms with Crippen LogP contribution in [0.4, 0.5) is 0 Å². The van der Waals surface area contributed by atoms with E-state index in [9.17, 15) is 20.1 Å². The van der Waals surface area contributed by atoms with Gasteiger partial charge in [0.15, 0.2) is 11.1 Å². The molecule has 16 heteroatoms. The maximum atomic E-state index is 12.9. The Bertz CT molecular complexity index is 945. The lowest BCUT2D eigenvalue weighted by molar-refractivity contribution is -0.131. The first-order valence-corrected chi connectivity index (χ1v) is 21.2. The summed E-state index contributed by atoms with van der Waals surface area (Å²) in [5.41, 5.74) is -2.62. The summed E-state index contributed by atoms with van der Waals surface area (Å²) in [6.45, 7) is 18.5. The minimum Gasteiger partial charge on any atom is -0.374 e. The highest BCUT2D eigenvalue weighted by atomic mass is 28.4. The smallest absolute Gasteiger partial charge is 0.374 e. The van der Waals surface area contributed by atoms with E-state index in [1.165, 1.54) is 0 Å². The molecular weight excluding hydrogens is 653 g/mol. The van der Waals surface area contributed by atoms with Gasteiger partial charge in [-0.1, -0.05) is 0 Å². The first kappa shape index (κ1) is 45.7. The fourth-order valence-electron chi connectivity index (χ4n) is 4.88. The van der Waals surface area contributed by atoms with Crippen LogP contribution in [-0.2, 0) is 36.1 Å². The molecule has 0 aliphatic carbocycles. The van der Waals surface area contributed by atoms with Crippen LogP contribution in [0.5, 0.6) is 0 Å². The summed E-state index contributed by atoms with van der Waals surface area (Å²) in [5.74, 6) is -0.271. The molecule has 2 amide bonds. The number of nitrogens with zero attached hydrogens (tertiary/aromatic N) is 6. The van der Waals surface area contributed by atoms with Gasteiger partial charge in [0.25, 0.3) is 0 Å². The Morgan fingerprint density at radius 2 is 0.875 bits per heavy atom. The van der Waals surface area contributed by atoms with Crippen molar-refractivity contribution in [2.24, 2.45) is 10.2 Å². The zero-order valence-corrected chi connectivity index (χ0v) is 33.3. The highest BCUT2D eigenvalue weighted by molar-refractivity contribution is 6.61. The SMILES string of the molecule is CCO[Si](CCCN(C)C(=O)CCC(C)(C#N)N=NC(C)(C#N)CCC(=O)N(C)CCC[Si](OCC)(OCC)OCC)(OCC)OCC. The zero-order valence-electron chi connectivity index (χ0n) is 31.3. The van der Waals surface area contributed by atoms with E-state index in [-0.39, 0.29) is 37.5 Å². The van der Waals surface area contributed by atoms with Gasteiger partial charge in [0.1, 0.15) is 0 Å². The molecule has 48 heavy (non-hydrogen) atoms. The number of hydrogen-bond acceptors (Lipinski definition) is 12. The lowest BCUT2D eigenvalue weighted by Crippen LogP contribution is -2.46. The van der Waals surface area contributed by atoms with Gasteiger partial charge in [0, 0.05) is 91.8 Å². The summed E-state index contributed by atoms with van der Waals surface area (Å²) in [6, 6.07) is 5.45. The first-order valence-electron chi connectivity index (χ1n) is 17.3.